The third-order valence-corrected chi connectivity index (χ3v) is 4.64. The number of amides is 2. The van der Waals surface area contributed by atoms with E-state index in [4.69, 9.17) is 0 Å². The van der Waals surface area contributed by atoms with Crippen LogP contribution in [0, 0.1) is 13.8 Å². The first-order chi connectivity index (χ1) is 14.0. The number of aryl methyl sites for hydroxylation is 2. The molecule has 0 atom stereocenters. The predicted molar refractivity (Wildman–Crippen MR) is 113 cm³/mol. The lowest BCUT2D eigenvalue weighted by molar-refractivity contribution is -0.120. The standard InChI is InChI=1S/C23H26N4O2/c1-17-14-18(2)27(26-17)16-20-8-10-21(11-9-20)23(29)25-15-22(28)24-13-12-19-6-4-3-5-7-19/h3-11,14H,12-13,15-16H2,1-2H3,(H,24,28)(H,25,29). The number of nitrogens with one attached hydrogen (secondary N) is 2. The molecule has 2 amide bonds. The highest BCUT2D eigenvalue weighted by Gasteiger charge is 2.09. The summed E-state index contributed by atoms with van der Waals surface area (Å²) in [7, 11) is 0. The molecular weight excluding hydrogens is 364 g/mol. The molecule has 1 aromatic heterocycles. The Labute approximate surface area is 170 Å². The number of carbonyl (C=O) groups excluding carboxylic acids is 2. The van der Waals surface area contributed by atoms with Crippen LogP contribution in [-0.2, 0) is 17.8 Å². The highest BCUT2D eigenvalue weighted by Crippen LogP contribution is 2.09. The van der Waals surface area contributed by atoms with Gasteiger partial charge in [0.25, 0.3) is 5.91 Å². The molecule has 0 bridgehead atoms. The number of hydrogen-bond donors (Lipinski definition) is 2. The molecule has 2 N–H and O–H groups in total. The first-order valence-electron chi connectivity index (χ1n) is 9.70. The van der Waals surface area contributed by atoms with E-state index in [0.717, 1.165) is 28.9 Å². The smallest absolute Gasteiger partial charge is 0.251 e. The summed E-state index contributed by atoms with van der Waals surface area (Å²) >= 11 is 0. The zero-order valence-electron chi connectivity index (χ0n) is 16.8. The van der Waals surface area contributed by atoms with E-state index < -0.39 is 0 Å². The van der Waals surface area contributed by atoms with Gasteiger partial charge in [-0.05, 0) is 49.6 Å². The van der Waals surface area contributed by atoms with E-state index in [1.165, 1.54) is 0 Å². The van der Waals surface area contributed by atoms with Crippen LogP contribution in [-0.4, -0.2) is 34.7 Å². The van der Waals surface area contributed by atoms with Crippen LogP contribution in [0.4, 0.5) is 0 Å². The average molecular weight is 390 g/mol. The fraction of sp³-hybridized carbons (Fsp3) is 0.261. The molecule has 0 unspecified atom stereocenters. The second-order valence-electron chi connectivity index (χ2n) is 7.05. The molecule has 3 aromatic rings. The Morgan fingerprint density at radius 1 is 0.931 bits per heavy atom. The van der Waals surface area contributed by atoms with E-state index in [2.05, 4.69) is 15.7 Å². The van der Waals surface area contributed by atoms with Crippen molar-refractivity contribution < 1.29 is 9.59 Å². The van der Waals surface area contributed by atoms with E-state index in [1.807, 2.05) is 67.1 Å². The molecule has 150 valence electrons. The molecule has 0 radical (unpaired) electrons. The van der Waals surface area contributed by atoms with Crippen LogP contribution in [0.25, 0.3) is 0 Å². The molecule has 0 saturated carbocycles. The monoisotopic (exact) mass is 390 g/mol. The topological polar surface area (TPSA) is 76.0 Å². The van der Waals surface area contributed by atoms with Crippen LogP contribution in [0.1, 0.15) is 32.9 Å². The first kappa shape index (κ1) is 20.3. The largest absolute Gasteiger partial charge is 0.354 e. The molecule has 6 nitrogen and oxygen atoms in total. The second-order valence-corrected chi connectivity index (χ2v) is 7.05. The van der Waals surface area contributed by atoms with Gasteiger partial charge in [0.1, 0.15) is 0 Å². The lowest BCUT2D eigenvalue weighted by Crippen LogP contribution is -2.37. The minimum Gasteiger partial charge on any atom is -0.354 e. The van der Waals surface area contributed by atoms with E-state index in [0.29, 0.717) is 18.7 Å². The molecule has 0 aliphatic rings. The van der Waals surface area contributed by atoms with Crippen molar-refractivity contribution in [3.63, 3.8) is 0 Å². The van der Waals surface area contributed by atoms with Crippen LogP contribution in [0.15, 0.2) is 60.7 Å². The molecule has 1 heterocycles. The number of hydrogen-bond acceptors (Lipinski definition) is 3. The Kier molecular flexibility index (Phi) is 6.79. The zero-order valence-corrected chi connectivity index (χ0v) is 16.8. The fourth-order valence-electron chi connectivity index (χ4n) is 3.09. The summed E-state index contributed by atoms with van der Waals surface area (Å²) in [5.74, 6) is -0.462. The van der Waals surface area contributed by atoms with Crippen LogP contribution < -0.4 is 10.6 Å². The van der Waals surface area contributed by atoms with Crippen molar-refractivity contribution in [1.82, 2.24) is 20.4 Å². The van der Waals surface area contributed by atoms with Gasteiger partial charge < -0.3 is 10.6 Å². The van der Waals surface area contributed by atoms with Crippen LogP contribution >= 0.6 is 0 Å². The SMILES string of the molecule is Cc1cc(C)n(Cc2ccc(C(=O)NCC(=O)NCCc3ccccc3)cc2)n1. The third-order valence-electron chi connectivity index (χ3n) is 4.64. The van der Waals surface area contributed by atoms with E-state index in [9.17, 15) is 9.59 Å². The van der Waals surface area contributed by atoms with Gasteiger partial charge in [0.2, 0.25) is 5.91 Å². The predicted octanol–water partition coefficient (Wildman–Crippen LogP) is 2.64. The lowest BCUT2D eigenvalue weighted by atomic mass is 10.1. The van der Waals surface area contributed by atoms with Crippen LogP contribution in [0.5, 0.6) is 0 Å². The maximum absolute atomic E-state index is 12.3. The van der Waals surface area contributed by atoms with Crippen molar-refractivity contribution in [2.75, 3.05) is 13.1 Å². The van der Waals surface area contributed by atoms with E-state index in [-0.39, 0.29) is 18.4 Å². The fourth-order valence-corrected chi connectivity index (χ4v) is 3.09. The Balaban J connectivity index is 1.43. The van der Waals surface area contributed by atoms with Crippen molar-refractivity contribution in [3.05, 3.63) is 88.7 Å². The van der Waals surface area contributed by atoms with Gasteiger partial charge in [-0.25, -0.2) is 0 Å². The minimum absolute atomic E-state index is 0.0405. The quantitative estimate of drug-likeness (QED) is 0.621. The van der Waals surface area contributed by atoms with Gasteiger partial charge in [-0.3, -0.25) is 14.3 Å². The van der Waals surface area contributed by atoms with Gasteiger partial charge in [-0.2, -0.15) is 5.10 Å². The second kappa shape index (κ2) is 9.68. The Morgan fingerprint density at radius 2 is 1.66 bits per heavy atom. The van der Waals surface area contributed by atoms with Crippen molar-refractivity contribution in [2.45, 2.75) is 26.8 Å². The molecule has 0 spiro atoms. The third kappa shape index (κ3) is 6.04. The Morgan fingerprint density at radius 3 is 2.31 bits per heavy atom. The summed E-state index contributed by atoms with van der Waals surface area (Å²) in [6.45, 7) is 5.15. The van der Waals surface area contributed by atoms with Gasteiger partial charge >= 0.3 is 0 Å². The summed E-state index contributed by atoms with van der Waals surface area (Å²) in [6.07, 6.45) is 0.761. The molecule has 29 heavy (non-hydrogen) atoms. The van der Waals surface area contributed by atoms with Crippen molar-refractivity contribution >= 4 is 11.8 Å². The van der Waals surface area contributed by atoms with Gasteiger partial charge in [-0.1, -0.05) is 42.5 Å². The minimum atomic E-state index is -0.263. The van der Waals surface area contributed by atoms with Crippen molar-refractivity contribution in [3.8, 4) is 0 Å². The first-order valence-corrected chi connectivity index (χ1v) is 9.70. The number of rotatable bonds is 8. The molecule has 0 saturated heterocycles. The normalized spacial score (nSPS) is 10.6. The number of carbonyl (C=O) groups is 2. The number of benzene rings is 2. The van der Waals surface area contributed by atoms with Gasteiger partial charge in [0.15, 0.2) is 0 Å². The molecular formula is C23H26N4O2. The summed E-state index contributed by atoms with van der Waals surface area (Å²) in [5, 5.41) is 9.93. The summed E-state index contributed by atoms with van der Waals surface area (Å²) < 4.78 is 1.93. The van der Waals surface area contributed by atoms with Crippen molar-refractivity contribution in [1.29, 1.82) is 0 Å². The molecule has 0 aliphatic heterocycles. The Bertz CT molecular complexity index is 962. The van der Waals surface area contributed by atoms with Gasteiger partial charge in [-0.15, -0.1) is 0 Å². The lowest BCUT2D eigenvalue weighted by Gasteiger charge is -2.08. The molecule has 0 aliphatic carbocycles. The van der Waals surface area contributed by atoms with Crippen LogP contribution in [0.2, 0.25) is 0 Å². The highest BCUT2D eigenvalue weighted by atomic mass is 16.2. The molecule has 0 fully saturated rings. The van der Waals surface area contributed by atoms with E-state index >= 15 is 0 Å². The zero-order chi connectivity index (χ0) is 20.6. The van der Waals surface area contributed by atoms with Crippen LogP contribution in [0.3, 0.4) is 0 Å². The highest BCUT2D eigenvalue weighted by molar-refractivity contribution is 5.96. The maximum atomic E-state index is 12.3. The number of aromatic nitrogens is 2. The number of nitrogens with zero attached hydrogens (tertiary/aromatic N) is 2. The summed E-state index contributed by atoms with van der Waals surface area (Å²) in [5.41, 5.74) is 4.84. The van der Waals surface area contributed by atoms with Gasteiger partial charge in [0.05, 0.1) is 18.8 Å². The molecule has 6 heteroatoms. The van der Waals surface area contributed by atoms with E-state index in [1.54, 1.807) is 12.1 Å². The average Bonchev–Trinajstić information content (AvgIpc) is 3.04. The Hall–Kier alpha value is -3.41. The van der Waals surface area contributed by atoms with Gasteiger partial charge in [0, 0.05) is 17.8 Å². The summed E-state index contributed by atoms with van der Waals surface area (Å²) in [6, 6.07) is 19.3. The summed E-state index contributed by atoms with van der Waals surface area (Å²) in [4.78, 5) is 24.2. The maximum Gasteiger partial charge on any atom is 0.251 e. The van der Waals surface area contributed by atoms with Crippen molar-refractivity contribution in [2.24, 2.45) is 0 Å². The molecule has 2 aromatic carbocycles. The molecule has 3 rings (SSSR count).